The molecule has 0 aliphatic carbocycles. The topological polar surface area (TPSA) is 78.3 Å². The number of aromatic nitrogens is 3. The molecule has 3 rings (SSSR count). The van der Waals surface area contributed by atoms with Crippen LogP contribution < -0.4 is 14.8 Å². The first-order chi connectivity index (χ1) is 14.4. The summed E-state index contributed by atoms with van der Waals surface area (Å²) in [5, 5.41) is 2.98. The van der Waals surface area contributed by atoms with Crippen molar-refractivity contribution in [1.29, 1.82) is 0 Å². The van der Waals surface area contributed by atoms with Crippen LogP contribution in [0.3, 0.4) is 0 Å². The SMILES string of the molecule is C=CCc1cc(C(=O)Nc2nc(C)c(-c3nccn3C(F)F)s2)cc(OC)c1OC. The molecular formula is C20H20F2N4O3S. The molecule has 0 atom stereocenters. The Morgan fingerprint density at radius 2 is 2.13 bits per heavy atom. The quantitative estimate of drug-likeness (QED) is 0.520. The lowest BCUT2D eigenvalue weighted by molar-refractivity contribution is 0.0720. The normalized spacial score (nSPS) is 10.9. The predicted molar refractivity (Wildman–Crippen MR) is 111 cm³/mol. The third kappa shape index (κ3) is 4.18. The Bertz CT molecular complexity index is 1080. The maximum Gasteiger partial charge on any atom is 0.320 e. The van der Waals surface area contributed by atoms with Gasteiger partial charge in [-0.1, -0.05) is 17.4 Å². The molecule has 0 unspecified atom stereocenters. The standard InChI is InChI=1S/C20H20F2N4O3S/c1-5-6-12-9-13(10-14(28-3)15(12)29-4)18(27)25-20-24-11(2)16(30-20)17-23-7-8-26(17)19(21)22/h5,7-10,19H,1,6H2,2-4H3,(H,24,25,27). The van der Waals surface area contributed by atoms with E-state index in [1.165, 1.54) is 26.6 Å². The van der Waals surface area contributed by atoms with Crippen molar-refractivity contribution >= 4 is 22.4 Å². The molecule has 0 aliphatic rings. The smallest absolute Gasteiger partial charge is 0.320 e. The Hall–Kier alpha value is -3.27. The van der Waals surface area contributed by atoms with E-state index in [0.29, 0.717) is 34.1 Å². The fourth-order valence-electron chi connectivity index (χ4n) is 2.95. The van der Waals surface area contributed by atoms with Gasteiger partial charge in [0.1, 0.15) is 0 Å². The molecule has 3 aromatic rings. The van der Waals surface area contributed by atoms with Gasteiger partial charge in [0, 0.05) is 23.5 Å². The van der Waals surface area contributed by atoms with Crippen molar-refractivity contribution in [2.45, 2.75) is 19.9 Å². The molecular weight excluding hydrogens is 414 g/mol. The van der Waals surface area contributed by atoms with Crippen LogP contribution in [0.4, 0.5) is 13.9 Å². The van der Waals surface area contributed by atoms with Gasteiger partial charge in [0.25, 0.3) is 5.91 Å². The van der Waals surface area contributed by atoms with Gasteiger partial charge in [0.2, 0.25) is 0 Å². The van der Waals surface area contributed by atoms with Crippen molar-refractivity contribution in [2.75, 3.05) is 19.5 Å². The Kier molecular flexibility index (Phi) is 6.46. The lowest BCUT2D eigenvalue weighted by Crippen LogP contribution is -2.13. The Morgan fingerprint density at radius 1 is 1.37 bits per heavy atom. The second-order valence-corrected chi connectivity index (χ2v) is 7.19. The summed E-state index contributed by atoms with van der Waals surface area (Å²) in [5.74, 6) is 0.621. The minimum atomic E-state index is -2.72. The monoisotopic (exact) mass is 434 g/mol. The van der Waals surface area contributed by atoms with Crippen LogP contribution in [-0.2, 0) is 6.42 Å². The third-order valence-electron chi connectivity index (χ3n) is 4.28. The summed E-state index contributed by atoms with van der Waals surface area (Å²) in [6.45, 7) is 2.67. The zero-order valence-electron chi connectivity index (χ0n) is 16.6. The summed E-state index contributed by atoms with van der Waals surface area (Å²) in [7, 11) is 3.01. The summed E-state index contributed by atoms with van der Waals surface area (Å²) in [5.41, 5.74) is 1.57. The molecule has 7 nitrogen and oxygen atoms in total. The van der Waals surface area contributed by atoms with Crippen LogP contribution >= 0.6 is 11.3 Å². The van der Waals surface area contributed by atoms with Gasteiger partial charge in [-0.25, -0.2) is 9.97 Å². The first-order valence-corrected chi connectivity index (χ1v) is 9.67. The number of methoxy groups -OCH3 is 2. The van der Waals surface area contributed by atoms with Crippen LogP contribution in [0, 0.1) is 6.92 Å². The predicted octanol–water partition coefficient (Wildman–Crippen LogP) is 4.71. The van der Waals surface area contributed by atoms with Crippen molar-refractivity contribution in [3.8, 4) is 22.2 Å². The van der Waals surface area contributed by atoms with Crippen molar-refractivity contribution < 1.29 is 23.0 Å². The zero-order valence-corrected chi connectivity index (χ0v) is 17.4. The van der Waals surface area contributed by atoms with E-state index in [4.69, 9.17) is 9.47 Å². The second-order valence-electron chi connectivity index (χ2n) is 6.19. The Morgan fingerprint density at radius 3 is 2.77 bits per heavy atom. The summed E-state index contributed by atoms with van der Waals surface area (Å²) < 4.78 is 37.8. The number of imidazole rings is 1. The molecule has 1 amide bonds. The molecule has 2 aromatic heterocycles. The van der Waals surface area contributed by atoms with Gasteiger partial charge in [-0.3, -0.25) is 14.7 Å². The van der Waals surface area contributed by atoms with Gasteiger partial charge in [-0.15, -0.1) is 6.58 Å². The number of rotatable bonds is 8. The van der Waals surface area contributed by atoms with Crippen LogP contribution in [0.25, 0.3) is 10.7 Å². The molecule has 10 heteroatoms. The molecule has 1 N–H and O–H groups in total. The number of carbonyl (C=O) groups excluding carboxylic acids is 1. The van der Waals surface area contributed by atoms with Crippen LogP contribution in [0.1, 0.15) is 28.2 Å². The molecule has 0 spiro atoms. The summed E-state index contributed by atoms with van der Waals surface area (Å²) >= 11 is 1.07. The summed E-state index contributed by atoms with van der Waals surface area (Å²) in [6.07, 6.45) is 4.67. The molecule has 0 saturated heterocycles. The number of allylic oxidation sites excluding steroid dienone is 1. The van der Waals surface area contributed by atoms with Crippen molar-refractivity contribution in [3.05, 3.63) is 54.0 Å². The molecule has 30 heavy (non-hydrogen) atoms. The van der Waals surface area contributed by atoms with E-state index < -0.39 is 12.5 Å². The van der Waals surface area contributed by atoms with Crippen molar-refractivity contribution in [3.63, 3.8) is 0 Å². The highest BCUT2D eigenvalue weighted by molar-refractivity contribution is 7.19. The first kappa shape index (κ1) is 21.4. The van der Waals surface area contributed by atoms with Gasteiger partial charge in [-0.05, 0) is 25.5 Å². The molecule has 0 bridgehead atoms. The molecule has 0 saturated carbocycles. The van der Waals surface area contributed by atoms with Gasteiger partial charge >= 0.3 is 6.55 Å². The number of halogens is 2. The van der Waals surface area contributed by atoms with Crippen LogP contribution in [0.2, 0.25) is 0 Å². The minimum Gasteiger partial charge on any atom is -0.493 e. The maximum absolute atomic E-state index is 13.2. The largest absolute Gasteiger partial charge is 0.493 e. The number of nitrogens with one attached hydrogen (secondary N) is 1. The zero-order chi connectivity index (χ0) is 21.8. The average molecular weight is 434 g/mol. The van der Waals surface area contributed by atoms with Crippen LogP contribution in [0.15, 0.2) is 37.2 Å². The molecule has 0 radical (unpaired) electrons. The van der Waals surface area contributed by atoms with E-state index in [-0.39, 0.29) is 11.0 Å². The number of anilines is 1. The van der Waals surface area contributed by atoms with Crippen LogP contribution in [0.5, 0.6) is 11.5 Å². The molecule has 1 aromatic carbocycles. The van der Waals surface area contributed by atoms with Crippen LogP contribution in [-0.4, -0.2) is 34.7 Å². The lowest BCUT2D eigenvalue weighted by Gasteiger charge is -2.14. The molecule has 158 valence electrons. The molecule has 2 heterocycles. The highest BCUT2D eigenvalue weighted by atomic mass is 32.1. The van der Waals surface area contributed by atoms with Crippen molar-refractivity contribution in [2.24, 2.45) is 0 Å². The highest BCUT2D eigenvalue weighted by Gasteiger charge is 2.21. The Labute approximate surface area is 176 Å². The molecule has 0 fully saturated rings. The van der Waals surface area contributed by atoms with E-state index in [1.54, 1.807) is 25.1 Å². The lowest BCUT2D eigenvalue weighted by atomic mass is 10.1. The molecule has 0 aliphatic heterocycles. The number of thiazole rings is 1. The number of alkyl halides is 2. The van der Waals surface area contributed by atoms with E-state index in [9.17, 15) is 13.6 Å². The third-order valence-corrected chi connectivity index (χ3v) is 5.35. The van der Waals surface area contributed by atoms with Gasteiger partial charge < -0.3 is 9.47 Å². The fourth-order valence-corrected chi connectivity index (χ4v) is 3.92. The number of aryl methyl sites for hydroxylation is 1. The van der Waals surface area contributed by atoms with E-state index in [0.717, 1.165) is 21.5 Å². The summed E-state index contributed by atoms with van der Waals surface area (Å²) in [4.78, 5) is 21.5. The number of hydrogen-bond acceptors (Lipinski definition) is 6. The van der Waals surface area contributed by atoms with E-state index in [2.05, 4.69) is 21.9 Å². The fraction of sp³-hybridized carbons (Fsp3) is 0.250. The van der Waals surface area contributed by atoms with E-state index in [1.807, 2.05) is 0 Å². The second kappa shape index (κ2) is 9.04. The number of carbonyl (C=O) groups is 1. The number of benzene rings is 1. The van der Waals surface area contributed by atoms with Gasteiger partial charge in [-0.2, -0.15) is 8.78 Å². The van der Waals surface area contributed by atoms with Gasteiger partial charge in [0.15, 0.2) is 22.5 Å². The van der Waals surface area contributed by atoms with Gasteiger partial charge in [0.05, 0.1) is 24.8 Å². The highest BCUT2D eigenvalue weighted by Crippen LogP contribution is 2.35. The minimum absolute atomic E-state index is 0.0971. The number of amides is 1. The first-order valence-electron chi connectivity index (χ1n) is 8.85. The van der Waals surface area contributed by atoms with Crippen molar-refractivity contribution in [1.82, 2.24) is 14.5 Å². The van der Waals surface area contributed by atoms with E-state index >= 15 is 0 Å². The number of hydrogen-bond donors (Lipinski definition) is 1. The number of ether oxygens (including phenoxy) is 2. The Balaban J connectivity index is 1.91. The number of nitrogens with zero attached hydrogens (tertiary/aromatic N) is 3. The average Bonchev–Trinajstić information content (AvgIpc) is 3.33. The maximum atomic E-state index is 13.2. The summed E-state index contributed by atoms with van der Waals surface area (Å²) in [6, 6.07) is 3.24.